The van der Waals surface area contributed by atoms with Crippen molar-refractivity contribution in [3.63, 3.8) is 0 Å². The fraction of sp³-hybridized carbons (Fsp3) is 0.143. The van der Waals surface area contributed by atoms with Crippen LogP contribution in [0.2, 0.25) is 0 Å². The summed E-state index contributed by atoms with van der Waals surface area (Å²) in [6.07, 6.45) is 0. The van der Waals surface area contributed by atoms with Crippen molar-refractivity contribution in [3.05, 3.63) is 48.5 Å². The van der Waals surface area contributed by atoms with E-state index in [-0.39, 0.29) is 0 Å². The van der Waals surface area contributed by atoms with Crippen LogP contribution < -0.4 is 4.74 Å². The molecule has 0 radical (unpaired) electrons. The van der Waals surface area contributed by atoms with Crippen LogP contribution in [-0.2, 0) is 0 Å². The van der Waals surface area contributed by atoms with Crippen molar-refractivity contribution in [1.29, 1.82) is 0 Å². The molecule has 0 aliphatic carbocycles. The highest BCUT2D eigenvalue weighted by Crippen LogP contribution is 2.16. The smallest absolute Gasteiger partial charge is 0.119 e. The molecule has 18 heavy (non-hydrogen) atoms. The molecule has 1 heterocycles. The van der Waals surface area contributed by atoms with Crippen molar-refractivity contribution in [2.45, 2.75) is 6.92 Å². The maximum atomic E-state index is 5.41. The molecule has 0 N–H and O–H groups in total. The number of benzene rings is 2. The zero-order chi connectivity index (χ0) is 12.4. The van der Waals surface area contributed by atoms with Gasteiger partial charge in [0.15, 0.2) is 0 Å². The predicted octanol–water partition coefficient (Wildman–Crippen LogP) is 2.82. The van der Waals surface area contributed by atoms with Gasteiger partial charge in [-0.25, -0.2) is 0 Å². The third kappa shape index (κ3) is 1.93. The molecule has 0 bridgehead atoms. The van der Waals surface area contributed by atoms with Crippen molar-refractivity contribution in [3.8, 4) is 11.4 Å². The molecule has 3 aromatic rings. The highest BCUT2D eigenvalue weighted by atomic mass is 16.5. The van der Waals surface area contributed by atoms with E-state index in [4.69, 9.17) is 4.74 Å². The Bertz CT molecular complexity index is 625. The molecule has 0 aliphatic rings. The summed E-state index contributed by atoms with van der Waals surface area (Å²) in [7, 11) is 0. The normalized spacial score (nSPS) is 10.7. The molecule has 3 rings (SSSR count). The number of ether oxygens (including phenoxy) is 1. The molecule has 4 nitrogen and oxygen atoms in total. The average Bonchev–Trinajstić information content (AvgIpc) is 2.84. The van der Waals surface area contributed by atoms with Gasteiger partial charge in [-0.1, -0.05) is 12.1 Å². The van der Waals surface area contributed by atoms with Gasteiger partial charge in [-0.15, -0.1) is 10.2 Å². The highest BCUT2D eigenvalue weighted by molar-refractivity contribution is 5.73. The van der Waals surface area contributed by atoms with Crippen LogP contribution in [0.25, 0.3) is 16.7 Å². The van der Waals surface area contributed by atoms with E-state index < -0.39 is 0 Å². The van der Waals surface area contributed by atoms with Crippen LogP contribution in [0.15, 0.2) is 48.5 Å². The minimum Gasteiger partial charge on any atom is -0.494 e. The van der Waals surface area contributed by atoms with Gasteiger partial charge in [0.05, 0.1) is 12.3 Å². The van der Waals surface area contributed by atoms with Gasteiger partial charge in [0.25, 0.3) is 0 Å². The van der Waals surface area contributed by atoms with E-state index in [1.54, 1.807) is 4.80 Å². The molecule has 0 saturated heterocycles. The Kier molecular flexibility index (Phi) is 2.68. The molecule has 2 aromatic carbocycles. The van der Waals surface area contributed by atoms with E-state index in [0.29, 0.717) is 6.61 Å². The maximum absolute atomic E-state index is 5.41. The van der Waals surface area contributed by atoms with E-state index in [1.165, 1.54) is 0 Å². The van der Waals surface area contributed by atoms with Gasteiger partial charge in [0.1, 0.15) is 16.8 Å². The van der Waals surface area contributed by atoms with Gasteiger partial charge in [0.2, 0.25) is 0 Å². The monoisotopic (exact) mass is 239 g/mol. The zero-order valence-electron chi connectivity index (χ0n) is 10.1. The van der Waals surface area contributed by atoms with Crippen LogP contribution in [0.5, 0.6) is 5.75 Å². The van der Waals surface area contributed by atoms with Crippen LogP contribution in [0.4, 0.5) is 0 Å². The standard InChI is InChI=1S/C14H13N3O/c1-2-18-12-9-7-11(8-10-12)17-15-13-5-3-4-6-14(13)16-17/h3-10H,2H2,1H3. The summed E-state index contributed by atoms with van der Waals surface area (Å²) in [5.41, 5.74) is 2.72. The lowest BCUT2D eigenvalue weighted by Crippen LogP contribution is -1.98. The molecule has 1 aromatic heterocycles. The number of hydrogen-bond donors (Lipinski definition) is 0. The summed E-state index contributed by atoms with van der Waals surface area (Å²) in [4.78, 5) is 1.64. The Morgan fingerprint density at radius 3 is 2.11 bits per heavy atom. The predicted molar refractivity (Wildman–Crippen MR) is 70.0 cm³/mol. The largest absolute Gasteiger partial charge is 0.494 e. The van der Waals surface area contributed by atoms with Gasteiger partial charge in [-0.05, 0) is 43.3 Å². The quantitative estimate of drug-likeness (QED) is 0.705. The first-order valence-electron chi connectivity index (χ1n) is 5.92. The number of nitrogens with zero attached hydrogens (tertiary/aromatic N) is 3. The van der Waals surface area contributed by atoms with Crippen molar-refractivity contribution >= 4 is 11.0 Å². The topological polar surface area (TPSA) is 39.9 Å². The fourth-order valence-corrected chi connectivity index (χ4v) is 1.82. The molecular formula is C14H13N3O. The van der Waals surface area contributed by atoms with E-state index >= 15 is 0 Å². The summed E-state index contributed by atoms with van der Waals surface area (Å²) < 4.78 is 5.41. The van der Waals surface area contributed by atoms with Gasteiger partial charge >= 0.3 is 0 Å². The fourth-order valence-electron chi connectivity index (χ4n) is 1.82. The zero-order valence-corrected chi connectivity index (χ0v) is 10.1. The summed E-state index contributed by atoms with van der Waals surface area (Å²) in [6, 6.07) is 15.6. The minimum atomic E-state index is 0.670. The first-order valence-corrected chi connectivity index (χ1v) is 5.92. The van der Waals surface area contributed by atoms with Gasteiger partial charge in [0, 0.05) is 0 Å². The van der Waals surface area contributed by atoms with Gasteiger partial charge in [-0.3, -0.25) is 0 Å². The molecule has 0 unspecified atom stereocenters. The second kappa shape index (κ2) is 4.49. The first-order chi connectivity index (χ1) is 8.86. The van der Waals surface area contributed by atoms with Gasteiger partial charge < -0.3 is 4.74 Å². The number of rotatable bonds is 3. The number of aromatic nitrogens is 3. The third-order valence-corrected chi connectivity index (χ3v) is 2.67. The van der Waals surface area contributed by atoms with E-state index in [2.05, 4.69) is 10.2 Å². The number of fused-ring (bicyclic) bond motifs is 1. The van der Waals surface area contributed by atoms with Crippen molar-refractivity contribution in [2.75, 3.05) is 6.61 Å². The van der Waals surface area contributed by atoms with Crippen LogP contribution in [0.3, 0.4) is 0 Å². The lowest BCUT2D eigenvalue weighted by atomic mass is 10.3. The van der Waals surface area contributed by atoms with Gasteiger partial charge in [-0.2, -0.15) is 4.80 Å². The summed E-state index contributed by atoms with van der Waals surface area (Å²) >= 11 is 0. The second-order valence-corrected chi connectivity index (χ2v) is 3.91. The van der Waals surface area contributed by atoms with Crippen molar-refractivity contribution < 1.29 is 4.74 Å². The Morgan fingerprint density at radius 1 is 0.944 bits per heavy atom. The Balaban J connectivity index is 1.98. The third-order valence-electron chi connectivity index (χ3n) is 2.67. The highest BCUT2D eigenvalue weighted by Gasteiger charge is 2.03. The number of hydrogen-bond acceptors (Lipinski definition) is 3. The summed E-state index contributed by atoms with van der Waals surface area (Å²) in [6.45, 7) is 2.64. The summed E-state index contributed by atoms with van der Waals surface area (Å²) in [5, 5.41) is 8.85. The molecule has 0 saturated carbocycles. The Labute approximate surface area is 105 Å². The molecule has 90 valence electrons. The van der Waals surface area contributed by atoms with Crippen LogP contribution in [0.1, 0.15) is 6.92 Å². The molecule has 0 spiro atoms. The maximum Gasteiger partial charge on any atom is 0.119 e. The second-order valence-electron chi connectivity index (χ2n) is 3.91. The van der Waals surface area contributed by atoms with E-state index in [0.717, 1.165) is 22.5 Å². The average molecular weight is 239 g/mol. The molecule has 0 amide bonds. The SMILES string of the molecule is CCOc1ccc(-n2nc3ccccc3n2)cc1. The molecule has 0 aliphatic heterocycles. The lowest BCUT2D eigenvalue weighted by molar-refractivity contribution is 0.340. The van der Waals surface area contributed by atoms with Crippen LogP contribution in [-0.4, -0.2) is 21.6 Å². The van der Waals surface area contributed by atoms with Crippen molar-refractivity contribution in [2.24, 2.45) is 0 Å². The molecule has 4 heteroatoms. The van der Waals surface area contributed by atoms with Crippen molar-refractivity contribution in [1.82, 2.24) is 15.0 Å². The van der Waals surface area contributed by atoms with Crippen LogP contribution in [0, 0.1) is 0 Å². The molecule has 0 fully saturated rings. The van der Waals surface area contributed by atoms with E-state index in [9.17, 15) is 0 Å². The van der Waals surface area contributed by atoms with E-state index in [1.807, 2.05) is 55.5 Å². The van der Waals surface area contributed by atoms with Crippen LogP contribution >= 0.6 is 0 Å². The minimum absolute atomic E-state index is 0.670. The molecular weight excluding hydrogens is 226 g/mol. The Morgan fingerprint density at radius 2 is 1.56 bits per heavy atom. The lowest BCUT2D eigenvalue weighted by Gasteiger charge is -2.03. The molecule has 0 atom stereocenters. The Hall–Kier alpha value is -2.36. The summed E-state index contributed by atoms with van der Waals surface area (Å²) in [5.74, 6) is 0.859. The first kappa shape index (κ1) is 10.8.